The second-order valence-corrected chi connectivity index (χ2v) is 13.0. The maximum atomic E-state index is 14.2. The molecule has 0 saturated heterocycles. The van der Waals surface area contributed by atoms with E-state index in [1.807, 2.05) is 66.9 Å². The Kier molecular flexibility index (Phi) is 15.8. The topological polar surface area (TPSA) is 207 Å². The van der Waals surface area contributed by atoms with Crippen LogP contribution in [0.15, 0.2) is 84.9 Å². The lowest BCUT2D eigenvalue weighted by Gasteiger charge is -2.24. The van der Waals surface area contributed by atoms with Gasteiger partial charge in [0.25, 0.3) is 5.91 Å². The fraction of sp³-hybridized carbons (Fsp3) is 0.368. The van der Waals surface area contributed by atoms with Crippen molar-refractivity contribution in [2.24, 2.45) is 0 Å². The van der Waals surface area contributed by atoms with E-state index in [4.69, 9.17) is 25.6 Å². The van der Waals surface area contributed by atoms with Crippen LogP contribution in [0, 0.1) is 5.82 Å². The van der Waals surface area contributed by atoms with Gasteiger partial charge in [-0.2, -0.15) is 0 Å². The first kappa shape index (κ1) is 42.2. The van der Waals surface area contributed by atoms with Gasteiger partial charge >= 0.3 is 5.97 Å². The Hall–Kier alpha value is -4.59. The number of rotatable bonds is 20. The van der Waals surface area contributed by atoms with E-state index in [0.717, 1.165) is 5.56 Å². The molecule has 0 bridgehead atoms. The van der Waals surface area contributed by atoms with E-state index in [1.54, 1.807) is 24.3 Å². The number of nitrogens with one attached hydrogen (secondary N) is 1. The average Bonchev–Trinajstić information content (AvgIpc) is 3.46. The van der Waals surface area contributed by atoms with Crippen molar-refractivity contribution < 1.29 is 59.4 Å². The van der Waals surface area contributed by atoms with Crippen molar-refractivity contribution in [1.29, 1.82) is 0 Å². The van der Waals surface area contributed by atoms with Gasteiger partial charge in [0.15, 0.2) is 0 Å². The van der Waals surface area contributed by atoms with E-state index in [0.29, 0.717) is 33.8 Å². The smallest absolute Gasteiger partial charge is 0.308 e. The minimum Gasteiger partial charge on any atom is -0.465 e. The number of ether oxygens (including phenoxy) is 1. The van der Waals surface area contributed by atoms with Crippen molar-refractivity contribution in [3.63, 3.8) is 0 Å². The molecular formula is C38H47FN4O11. The standard InChI is InChI=1S/C38H47FN4O11/c1-24(2)36-35(38(47)40-29-12-8-5-9-13-29)34(26-10-6-4-7-11-26)37(27-14-16-28(39)17-15-27)41(36)20-18-30(44)22-31(45)23-33(46)52-21-19-32(54-43(50)51)25(3)53-42(48)49/h4-17,24-25,30-32,44-45,48-51H,18-23H2,1-3H3,(H,40,47). The summed E-state index contributed by atoms with van der Waals surface area (Å²) in [5.74, 6) is -1.76. The van der Waals surface area contributed by atoms with Crippen LogP contribution in [0.2, 0.25) is 0 Å². The van der Waals surface area contributed by atoms with Crippen LogP contribution < -0.4 is 5.32 Å². The first-order valence-electron chi connectivity index (χ1n) is 17.4. The van der Waals surface area contributed by atoms with Gasteiger partial charge in [0.2, 0.25) is 0 Å². The van der Waals surface area contributed by atoms with Gasteiger partial charge in [-0.1, -0.05) is 62.4 Å². The molecule has 0 aliphatic heterocycles. The molecule has 0 spiro atoms. The zero-order valence-corrected chi connectivity index (χ0v) is 30.2. The van der Waals surface area contributed by atoms with E-state index < -0.39 is 53.4 Å². The number of aliphatic hydroxyl groups is 2. The van der Waals surface area contributed by atoms with E-state index >= 15 is 0 Å². The summed E-state index contributed by atoms with van der Waals surface area (Å²) in [5.41, 5.74) is 4.43. The Morgan fingerprint density at radius 2 is 1.41 bits per heavy atom. The Morgan fingerprint density at radius 3 is 2.00 bits per heavy atom. The summed E-state index contributed by atoms with van der Waals surface area (Å²) in [7, 11) is 0. The van der Waals surface area contributed by atoms with Crippen molar-refractivity contribution in [1.82, 2.24) is 15.3 Å². The molecule has 7 N–H and O–H groups in total. The molecule has 4 aromatic rings. The van der Waals surface area contributed by atoms with Crippen molar-refractivity contribution in [3.8, 4) is 22.4 Å². The lowest BCUT2D eigenvalue weighted by molar-refractivity contribution is -0.537. The molecule has 0 aliphatic rings. The maximum absolute atomic E-state index is 14.2. The number of aliphatic hydroxyl groups excluding tert-OH is 2. The Bertz CT molecular complexity index is 1770. The minimum atomic E-state index is -1.29. The third-order valence-electron chi connectivity index (χ3n) is 8.60. The molecule has 1 heterocycles. The third kappa shape index (κ3) is 12.0. The average molecular weight is 755 g/mol. The Labute approximate surface area is 311 Å². The van der Waals surface area contributed by atoms with Crippen LogP contribution in [-0.2, 0) is 25.8 Å². The highest BCUT2D eigenvalue weighted by atomic mass is 19.1. The number of para-hydroxylation sites is 1. The summed E-state index contributed by atoms with van der Waals surface area (Å²) >= 11 is 0. The molecular weight excluding hydrogens is 707 g/mol. The zero-order valence-electron chi connectivity index (χ0n) is 30.2. The second kappa shape index (κ2) is 20.2. The number of hydrogen-bond donors (Lipinski definition) is 7. The number of aromatic nitrogens is 1. The van der Waals surface area contributed by atoms with E-state index in [9.17, 15) is 24.2 Å². The first-order valence-corrected chi connectivity index (χ1v) is 17.4. The number of benzene rings is 3. The lowest BCUT2D eigenvalue weighted by Crippen LogP contribution is -2.38. The molecule has 16 heteroatoms. The highest BCUT2D eigenvalue weighted by molar-refractivity contribution is 6.12. The quantitative estimate of drug-likeness (QED) is 0.0412. The molecule has 15 nitrogen and oxygen atoms in total. The fourth-order valence-corrected chi connectivity index (χ4v) is 6.25. The molecule has 54 heavy (non-hydrogen) atoms. The number of amides is 1. The van der Waals surface area contributed by atoms with Crippen LogP contribution in [0.25, 0.3) is 22.4 Å². The van der Waals surface area contributed by atoms with Gasteiger partial charge in [-0.15, -0.1) is 0 Å². The number of anilines is 1. The molecule has 0 fully saturated rings. The Morgan fingerprint density at radius 1 is 0.796 bits per heavy atom. The molecule has 3 aromatic carbocycles. The van der Waals surface area contributed by atoms with E-state index in [-0.39, 0.29) is 44.2 Å². The van der Waals surface area contributed by atoms with Crippen molar-refractivity contribution >= 4 is 17.6 Å². The zero-order chi connectivity index (χ0) is 39.4. The summed E-state index contributed by atoms with van der Waals surface area (Å²) in [6.45, 7) is 5.12. The summed E-state index contributed by atoms with van der Waals surface area (Å²) in [4.78, 5) is 36.0. The van der Waals surface area contributed by atoms with Crippen molar-refractivity contribution in [2.75, 3.05) is 11.9 Å². The maximum Gasteiger partial charge on any atom is 0.308 e. The summed E-state index contributed by atoms with van der Waals surface area (Å²) < 4.78 is 21.3. The Balaban J connectivity index is 1.55. The third-order valence-corrected chi connectivity index (χ3v) is 8.60. The molecule has 1 aromatic heterocycles. The second-order valence-electron chi connectivity index (χ2n) is 13.0. The molecule has 4 unspecified atom stereocenters. The first-order chi connectivity index (χ1) is 25.7. The molecule has 4 rings (SSSR count). The molecule has 4 atom stereocenters. The van der Waals surface area contributed by atoms with Gasteiger partial charge < -0.3 is 24.8 Å². The number of carbonyl (C=O) groups is 2. The number of carbonyl (C=O) groups excluding carboxylic acids is 2. The molecule has 0 aliphatic carbocycles. The number of hydrogen-bond acceptors (Lipinski definition) is 13. The van der Waals surface area contributed by atoms with E-state index in [1.165, 1.54) is 19.1 Å². The number of halogens is 1. The van der Waals surface area contributed by atoms with Gasteiger partial charge in [-0.3, -0.25) is 30.4 Å². The van der Waals surface area contributed by atoms with Crippen LogP contribution in [0.5, 0.6) is 0 Å². The van der Waals surface area contributed by atoms with Gasteiger partial charge in [-0.25, -0.2) is 14.1 Å². The number of esters is 1. The highest BCUT2D eigenvalue weighted by Gasteiger charge is 2.31. The van der Waals surface area contributed by atoms with Crippen molar-refractivity contribution in [3.05, 3.63) is 102 Å². The van der Waals surface area contributed by atoms with Gasteiger partial charge in [0, 0.05) is 29.9 Å². The number of nitrogens with zero attached hydrogens (tertiary/aromatic N) is 3. The van der Waals surface area contributed by atoms with Crippen LogP contribution in [0.1, 0.15) is 68.4 Å². The van der Waals surface area contributed by atoms with Gasteiger partial charge in [0.1, 0.15) is 18.0 Å². The SMILES string of the molecule is CC(C)c1c(C(=O)Nc2ccccc2)c(-c2ccccc2)c(-c2ccc(F)cc2)n1CCC(O)CC(O)CC(=O)OCCC(ON(O)O)C(C)ON(O)O. The lowest BCUT2D eigenvalue weighted by atomic mass is 9.94. The predicted molar refractivity (Wildman–Crippen MR) is 191 cm³/mol. The molecule has 1 amide bonds. The fourth-order valence-electron chi connectivity index (χ4n) is 6.25. The highest BCUT2D eigenvalue weighted by Crippen LogP contribution is 2.42. The normalized spacial score (nSPS) is 13.9. The monoisotopic (exact) mass is 754 g/mol. The molecule has 292 valence electrons. The largest absolute Gasteiger partial charge is 0.465 e. The van der Waals surface area contributed by atoms with Crippen molar-refractivity contribution in [2.45, 2.75) is 83.3 Å². The summed E-state index contributed by atoms with van der Waals surface area (Å²) in [6, 6.07) is 24.4. The minimum absolute atomic E-state index is 0.116. The van der Waals surface area contributed by atoms with Crippen LogP contribution in [0.3, 0.4) is 0 Å². The van der Waals surface area contributed by atoms with Gasteiger partial charge in [0.05, 0.1) is 47.3 Å². The van der Waals surface area contributed by atoms with Crippen LogP contribution in [0.4, 0.5) is 10.1 Å². The molecule has 0 saturated carbocycles. The molecule has 0 radical (unpaired) electrons. The summed E-state index contributed by atoms with van der Waals surface area (Å²) in [6.07, 6.45) is -5.40. The predicted octanol–water partition coefficient (Wildman–Crippen LogP) is 5.94. The van der Waals surface area contributed by atoms with Crippen LogP contribution >= 0.6 is 0 Å². The van der Waals surface area contributed by atoms with E-state index in [2.05, 4.69) is 15.0 Å². The van der Waals surface area contributed by atoms with Gasteiger partial charge in [-0.05, 0) is 73.2 Å². The van der Waals surface area contributed by atoms with Crippen LogP contribution in [-0.4, -0.2) is 89.3 Å². The summed E-state index contributed by atoms with van der Waals surface area (Å²) in [5, 5.41) is 59.3.